The molecule has 2 fully saturated rings. The second-order valence-electron chi connectivity index (χ2n) is 6.33. The molecule has 0 aromatic heterocycles. The average molecular weight is 273 g/mol. The topological polar surface area (TPSA) is 60.8 Å². The van der Waals surface area contributed by atoms with Crippen molar-refractivity contribution in [2.75, 3.05) is 6.54 Å². The van der Waals surface area contributed by atoms with E-state index in [0.29, 0.717) is 25.3 Å². The molecule has 20 heavy (non-hydrogen) atoms. The molecule has 4 rings (SSSR count). The zero-order valence-electron chi connectivity index (χ0n) is 11.4. The Morgan fingerprint density at radius 3 is 2.95 bits per heavy atom. The molecule has 2 N–H and O–H groups in total. The first kappa shape index (κ1) is 12.1. The molecule has 1 saturated heterocycles. The molecule has 1 saturated carbocycles. The number of benzene rings is 1. The molecule has 4 nitrogen and oxygen atoms in total. The van der Waals surface area contributed by atoms with Gasteiger partial charge in [0.25, 0.3) is 0 Å². The highest BCUT2D eigenvalue weighted by molar-refractivity contribution is 5.82. The molecule has 4 heteroatoms. The maximum atomic E-state index is 12.3. The van der Waals surface area contributed by atoms with Crippen LogP contribution in [-0.2, 0) is 16.8 Å². The molecule has 2 atom stereocenters. The van der Waals surface area contributed by atoms with Crippen LogP contribution in [-0.4, -0.2) is 27.6 Å². The van der Waals surface area contributed by atoms with Gasteiger partial charge in [-0.3, -0.25) is 4.79 Å². The lowest BCUT2D eigenvalue weighted by Crippen LogP contribution is -2.52. The van der Waals surface area contributed by atoms with Crippen molar-refractivity contribution in [3.05, 3.63) is 23.3 Å². The van der Waals surface area contributed by atoms with Gasteiger partial charge in [-0.15, -0.1) is 0 Å². The summed E-state index contributed by atoms with van der Waals surface area (Å²) >= 11 is 0. The summed E-state index contributed by atoms with van der Waals surface area (Å²) in [7, 11) is 0. The number of aromatic hydroxyl groups is 2. The maximum absolute atomic E-state index is 12.3. The van der Waals surface area contributed by atoms with Gasteiger partial charge in [-0.1, -0.05) is 18.9 Å². The lowest BCUT2D eigenvalue weighted by atomic mass is 9.66. The summed E-state index contributed by atoms with van der Waals surface area (Å²) < 4.78 is 0. The molecule has 0 bridgehead atoms. The van der Waals surface area contributed by atoms with Crippen LogP contribution in [0.4, 0.5) is 0 Å². The predicted octanol–water partition coefficient (Wildman–Crippen LogP) is 2.27. The Morgan fingerprint density at radius 1 is 1.25 bits per heavy atom. The van der Waals surface area contributed by atoms with E-state index in [-0.39, 0.29) is 22.9 Å². The summed E-state index contributed by atoms with van der Waals surface area (Å²) in [5, 5.41) is 19.9. The van der Waals surface area contributed by atoms with E-state index >= 15 is 0 Å². The van der Waals surface area contributed by atoms with Gasteiger partial charge in [-0.05, 0) is 36.8 Å². The largest absolute Gasteiger partial charge is 0.504 e. The molecule has 1 spiro atoms. The molecule has 1 aromatic rings. The summed E-state index contributed by atoms with van der Waals surface area (Å²) in [5.74, 6) is 0.590. The Bertz CT molecular complexity index is 598. The van der Waals surface area contributed by atoms with E-state index in [1.807, 2.05) is 6.07 Å². The zero-order chi connectivity index (χ0) is 13.9. The van der Waals surface area contributed by atoms with Crippen LogP contribution in [0.5, 0.6) is 11.5 Å². The molecule has 0 unspecified atom stereocenters. The van der Waals surface area contributed by atoms with Crippen LogP contribution in [0.1, 0.15) is 43.2 Å². The third-order valence-corrected chi connectivity index (χ3v) is 5.55. The van der Waals surface area contributed by atoms with E-state index in [2.05, 4.69) is 4.90 Å². The quantitative estimate of drug-likeness (QED) is 0.713. The first-order valence-electron chi connectivity index (χ1n) is 7.49. The number of carbonyl (C=O) groups excluding carboxylic acids is 1. The van der Waals surface area contributed by atoms with E-state index < -0.39 is 0 Å². The molecule has 0 radical (unpaired) electrons. The van der Waals surface area contributed by atoms with Crippen LogP contribution in [0, 0.1) is 5.92 Å². The number of fused-ring (bicyclic) bond motifs is 1. The van der Waals surface area contributed by atoms with Gasteiger partial charge in [0.05, 0.1) is 5.54 Å². The number of phenolic OH excluding ortho intramolecular Hbond substituents is 2. The first-order chi connectivity index (χ1) is 9.64. The van der Waals surface area contributed by atoms with Crippen LogP contribution >= 0.6 is 0 Å². The minimum Gasteiger partial charge on any atom is -0.504 e. The molecule has 2 heterocycles. The Balaban J connectivity index is 1.95. The van der Waals surface area contributed by atoms with Crippen LogP contribution in [0.15, 0.2) is 12.1 Å². The number of carbonyl (C=O) groups is 1. The number of hydrogen-bond acceptors (Lipinski definition) is 3. The van der Waals surface area contributed by atoms with Crippen molar-refractivity contribution in [2.24, 2.45) is 5.92 Å². The van der Waals surface area contributed by atoms with Gasteiger partial charge >= 0.3 is 0 Å². The summed E-state index contributed by atoms with van der Waals surface area (Å²) in [6.07, 6.45) is 5.66. The van der Waals surface area contributed by atoms with Crippen molar-refractivity contribution < 1.29 is 15.0 Å². The van der Waals surface area contributed by atoms with Gasteiger partial charge in [0.15, 0.2) is 11.5 Å². The van der Waals surface area contributed by atoms with E-state index in [1.165, 1.54) is 6.42 Å². The fourth-order valence-corrected chi connectivity index (χ4v) is 4.73. The molecule has 3 aliphatic rings. The number of rotatable bonds is 0. The van der Waals surface area contributed by atoms with Crippen LogP contribution in [0.3, 0.4) is 0 Å². The van der Waals surface area contributed by atoms with Gasteiger partial charge in [0.2, 0.25) is 5.91 Å². The van der Waals surface area contributed by atoms with Gasteiger partial charge in [-0.2, -0.15) is 0 Å². The summed E-state index contributed by atoms with van der Waals surface area (Å²) in [4.78, 5) is 14.4. The normalized spacial score (nSPS) is 31.7. The average Bonchev–Trinajstić information content (AvgIpc) is 2.75. The minimum atomic E-state index is -0.214. The molecular weight excluding hydrogens is 254 g/mol. The molecular formula is C16H19NO3. The van der Waals surface area contributed by atoms with Crippen LogP contribution in [0.2, 0.25) is 0 Å². The second-order valence-corrected chi connectivity index (χ2v) is 6.33. The standard InChI is InChI=1S/C16H19NO3/c18-13-5-4-12-11(15(13)20)6-8-17-14(19)9-10-3-1-2-7-16(10,12)17/h4-5,10,18,20H,1-3,6-9H2/t10-,16-/m0/s1. The van der Waals surface area contributed by atoms with Gasteiger partial charge in [0, 0.05) is 18.5 Å². The fraction of sp³-hybridized carbons (Fsp3) is 0.562. The lowest BCUT2D eigenvalue weighted by molar-refractivity contribution is -0.132. The van der Waals surface area contributed by atoms with Crippen molar-refractivity contribution in [3.8, 4) is 11.5 Å². The van der Waals surface area contributed by atoms with Crippen molar-refractivity contribution in [1.29, 1.82) is 0 Å². The highest BCUT2D eigenvalue weighted by Crippen LogP contribution is 2.56. The van der Waals surface area contributed by atoms with E-state index in [1.54, 1.807) is 6.07 Å². The molecule has 1 amide bonds. The summed E-state index contributed by atoms with van der Waals surface area (Å²) in [6, 6.07) is 3.49. The van der Waals surface area contributed by atoms with E-state index in [4.69, 9.17) is 0 Å². The lowest BCUT2D eigenvalue weighted by Gasteiger charge is -2.49. The van der Waals surface area contributed by atoms with Crippen molar-refractivity contribution in [3.63, 3.8) is 0 Å². The SMILES string of the molecule is O=C1C[C@@H]2CCCC[C@@]23c2ccc(O)c(O)c2CCN13. The number of nitrogens with zero attached hydrogens (tertiary/aromatic N) is 1. The second kappa shape index (κ2) is 3.90. The third-order valence-electron chi connectivity index (χ3n) is 5.55. The Morgan fingerprint density at radius 2 is 2.10 bits per heavy atom. The fourth-order valence-electron chi connectivity index (χ4n) is 4.73. The Labute approximate surface area is 118 Å². The Kier molecular flexibility index (Phi) is 2.35. The number of phenols is 2. The zero-order valence-corrected chi connectivity index (χ0v) is 11.4. The highest BCUT2D eigenvalue weighted by atomic mass is 16.3. The first-order valence-corrected chi connectivity index (χ1v) is 7.49. The number of hydrogen-bond donors (Lipinski definition) is 2. The van der Waals surface area contributed by atoms with Crippen LogP contribution in [0.25, 0.3) is 0 Å². The predicted molar refractivity (Wildman–Crippen MR) is 73.4 cm³/mol. The highest BCUT2D eigenvalue weighted by Gasteiger charge is 2.56. The van der Waals surface area contributed by atoms with Crippen molar-refractivity contribution in [1.82, 2.24) is 4.90 Å². The summed E-state index contributed by atoms with van der Waals surface area (Å²) in [6.45, 7) is 0.666. The van der Waals surface area contributed by atoms with E-state index in [0.717, 1.165) is 30.4 Å². The van der Waals surface area contributed by atoms with Crippen LogP contribution < -0.4 is 0 Å². The van der Waals surface area contributed by atoms with Gasteiger partial charge in [0.1, 0.15) is 0 Å². The summed E-state index contributed by atoms with van der Waals surface area (Å²) in [5.41, 5.74) is 1.71. The molecule has 1 aliphatic carbocycles. The maximum Gasteiger partial charge on any atom is 0.223 e. The minimum absolute atomic E-state index is 0.0141. The van der Waals surface area contributed by atoms with Crippen molar-refractivity contribution in [2.45, 2.75) is 44.1 Å². The molecule has 106 valence electrons. The van der Waals surface area contributed by atoms with Gasteiger partial charge in [-0.25, -0.2) is 0 Å². The molecule has 1 aromatic carbocycles. The smallest absolute Gasteiger partial charge is 0.223 e. The molecule has 2 aliphatic heterocycles. The van der Waals surface area contributed by atoms with E-state index in [9.17, 15) is 15.0 Å². The number of amides is 1. The van der Waals surface area contributed by atoms with Gasteiger partial charge < -0.3 is 15.1 Å². The van der Waals surface area contributed by atoms with Crippen molar-refractivity contribution >= 4 is 5.91 Å². The third kappa shape index (κ3) is 1.29. The monoisotopic (exact) mass is 273 g/mol. The Hall–Kier alpha value is -1.71.